The van der Waals surface area contributed by atoms with Gasteiger partial charge in [0, 0.05) is 64.4 Å². The van der Waals surface area contributed by atoms with Crippen LogP contribution in [0.5, 0.6) is 0 Å². The third-order valence-electron chi connectivity index (χ3n) is 0.906. The summed E-state index contributed by atoms with van der Waals surface area (Å²) in [6.07, 6.45) is 1.38. The Morgan fingerprint density at radius 3 is 2.43 bits per heavy atom. The fourth-order valence-electron chi connectivity index (χ4n) is 0.561. The molecule has 0 amide bonds. The van der Waals surface area contributed by atoms with E-state index in [1.165, 1.54) is 0 Å². The van der Waals surface area contributed by atoms with Crippen LogP contribution in [0.25, 0.3) is 0 Å². The SMILES string of the molecule is OC1CCCO1.[K]. The number of rotatable bonds is 0. The second-order valence-corrected chi connectivity index (χ2v) is 1.47. The smallest absolute Gasteiger partial charge is 0.154 e. The van der Waals surface area contributed by atoms with Gasteiger partial charge in [-0.05, 0) is 6.42 Å². The first kappa shape index (κ1) is 8.56. The van der Waals surface area contributed by atoms with Crippen molar-refractivity contribution in [3.63, 3.8) is 0 Å². The van der Waals surface area contributed by atoms with Crippen molar-refractivity contribution in [3.05, 3.63) is 0 Å². The average Bonchev–Trinajstić information content (AvgIpc) is 1.86. The van der Waals surface area contributed by atoms with Crippen molar-refractivity contribution < 1.29 is 9.84 Å². The van der Waals surface area contributed by atoms with Crippen molar-refractivity contribution in [2.24, 2.45) is 0 Å². The molecular weight excluding hydrogens is 119 g/mol. The molecule has 1 N–H and O–H groups in total. The Balaban J connectivity index is 0.000000360. The average molecular weight is 127 g/mol. The van der Waals surface area contributed by atoms with Crippen molar-refractivity contribution in [3.8, 4) is 0 Å². The molecule has 0 aromatic carbocycles. The normalized spacial score (nSPS) is 29.6. The quantitative estimate of drug-likeness (QED) is 0.454. The Kier molecular flexibility index (Phi) is 5.42. The van der Waals surface area contributed by atoms with Gasteiger partial charge in [0.25, 0.3) is 0 Å². The van der Waals surface area contributed by atoms with Crippen LogP contribution in [0.1, 0.15) is 12.8 Å². The van der Waals surface area contributed by atoms with Gasteiger partial charge in [0.15, 0.2) is 6.29 Å². The van der Waals surface area contributed by atoms with Gasteiger partial charge in [0.2, 0.25) is 0 Å². The molecule has 1 rings (SSSR count). The van der Waals surface area contributed by atoms with Gasteiger partial charge < -0.3 is 9.84 Å². The number of ether oxygens (including phenoxy) is 1. The van der Waals surface area contributed by atoms with Crippen LogP contribution in [0.3, 0.4) is 0 Å². The maximum Gasteiger partial charge on any atom is 0.154 e. The molecule has 1 saturated heterocycles. The maximum atomic E-state index is 8.51. The van der Waals surface area contributed by atoms with E-state index >= 15 is 0 Å². The second-order valence-electron chi connectivity index (χ2n) is 1.47. The van der Waals surface area contributed by atoms with Gasteiger partial charge in [-0.25, -0.2) is 0 Å². The molecule has 0 aromatic rings. The molecule has 37 valence electrons. The molecule has 2 nitrogen and oxygen atoms in total. The Labute approximate surface area is 85.7 Å². The van der Waals surface area contributed by atoms with Crippen molar-refractivity contribution in [1.29, 1.82) is 0 Å². The van der Waals surface area contributed by atoms with E-state index < -0.39 is 6.29 Å². The van der Waals surface area contributed by atoms with E-state index in [1.54, 1.807) is 0 Å². The summed E-state index contributed by atoms with van der Waals surface area (Å²) in [5.41, 5.74) is 0. The summed E-state index contributed by atoms with van der Waals surface area (Å²) in [7, 11) is 0. The Hall–Kier alpha value is 1.56. The molecule has 1 atom stereocenters. The van der Waals surface area contributed by atoms with Gasteiger partial charge in [-0.1, -0.05) is 0 Å². The van der Waals surface area contributed by atoms with Crippen molar-refractivity contribution in [2.45, 2.75) is 19.1 Å². The largest absolute Gasteiger partial charge is 0.368 e. The van der Waals surface area contributed by atoms with Crippen molar-refractivity contribution in [1.82, 2.24) is 0 Å². The zero-order valence-electron chi connectivity index (χ0n) is 4.55. The molecule has 0 bridgehead atoms. The van der Waals surface area contributed by atoms with Crippen LogP contribution in [-0.4, -0.2) is 69.4 Å². The molecule has 1 fully saturated rings. The van der Waals surface area contributed by atoms with E-state index in [0.29, 0.717) is 0 Å². The molecule has 1 unspecified atom stereocenters. The molecule has 0 aliphatic carbocycles. The van der Waals surface area contributed by atoms with E-state index in [-0.39, 0.29) is 51.4 Å². The van der Waals surface area contributed by atoms with Crippen LogP contribution < -0.4 is 0 Å². The van der Waals surface area contributed by atoms with Crippen LogP contribution in [-0.2, 0) is 4.74 Å². The summed E-state index contributed by atoms with van der Waals surface area (Å²) >= 11 is 0. The van der Waals surface area contributed by atoms with Gasteiger partial charge in [0.1, 0.15) is 0 Å². The topological polar surface area (TPSA) is 29.5 Å². The van der Waals surface area contributed by atoms with E-state index in [1.807, 2.05) is 0 Å². The van der Waals surface area contributed by atoms with E-state index in [2.05, 4.69) is 0 Å². The van der Waals surface area contributed by atoms with Gasteiger partial charge >= 0.3 is 0 Å². The molecule has 0 saturated carbocycles. The number of aliphatic hydroxyl groups is 1. The fraction of sp³-hybridized carbons (Fsp3) is 1.00. The standard InChI is InChI=1S/C4H8O2.K/c5-4-2-1-3-6-4;/h4-5H,1-3H2;. The van der Waals surface area contributed by atoms with Crippen molar-refractivity contribution >= 4 is 51.4 Å². The predicted octanol–water partition coefficient (Wildman–Crippen LogP) is -0.266. The second kappa shape index (κ2) is 4.44. The fourth-order valence-corrected chi connectivity index (χ4v) is 0.561. The number of aliphatic hydroxyl groups excluding tert-OH is 1. The van der Waals surface area contributed by atoms with Crippen LogP contribution in [0.15, 0.2) is 0 Å². The minimum absolute atomic E-state index is 0. The van der Waals surface area contributed by atoms with E-state index in [9.17, 15) is 0 Å². The van der Waals surface area contributed by atoms with Gasteiger partial charge in [-0.3, -0.25) is 0 Å². The predicted molar refractivity (Wildman–Crippen MR) is 26.9 cm³/mol. The van der Waals surface area contributed by atoms with Gasteiger partial charge in [0.05, 0.1) is 0 Å². The van der Waals surface area contributed by atoms with Gasteiger partial charge in [-0.2, -0.15) is 0 Å². The summed E-state index contributed by atoms with van der Waals surface area (Å²) in [4.78, 5) is 0. The third-order valence-corrected chi connectivity index (χ3v) is 0.906. The Bertz CT molecular complexity index is 43.0. The summed E-state index contributed by atoms with van der Waals surface area (Å²) in [5, 5.41) is 8.51. The molecular formula is C4H8KO2. The molecule has 7 heavy (non-hydrogen) atoms. The Morgan fingerprint density at radius 2 is 2.29 bits per heavy atom. The van der Waals surface area contributed by atoms with E-state index in [4.69, 9.17) is 9.84 Å². The summed E-state index contributed by atoms with van der Waals surface area (Å²) in [5.74, 6) is 0. The molecule has 1 aliphatic heterocycles. The molecule has 1 aliphatic rings. The van der Waals surface area contributed by atoms with Crippen LogP contribution >= 0.6 is 0 Å². The zero-order valence-corrected chi connectivity index (χ0v) is 7.68. The summed E-state index contributed by atoms with van der Waals surface area (Å²) in [6.45, 7) is 0.737. The third kappa shape index (κ3) is 3.19. The number of hydrogen-bond donors (Lipinski definition) is 1. The zero-order chi connectivity index (χ0) is 4.41. The Morgan fingerprint density at radius 1 is 1.57 bits per heavy atom. The molecule has 1 radical (unpaired) electrons. The van der Waals surface area contributed by atoms with E-state index in [0.717, 1.165) is 19.4 Å². The minimum Gasteiger partial charge on any atom is -0.368 e. The summed E-state index contributed by atoms with van der Waals surface area (Å²) in [6, 6.07) is 0. The summed E-state index contributed by atoms with van der Waals surface area (Å²) < 4.78 is 4.71. The van der Waals surface area contributed by atoms with Crippen LogP contribution in [0.4, 0.5) is 0 Å². The van der Waals surface area contributed by atoms with Crippen molar-refractivity contribution in [2.75, 3.05) is 6.61 Å². The molecule has 0 aromatic heterocycles. The first-order valence-corrected chi connectivity index (χ1v) is 2.19. The molecule has 1 heterocycles. The molecule has 3 heteroatoms. The maximum absolute atomic E-state index is 8.51. The monoisotopic (exact) mass is 127 g/mol. The molecule has 0 spiro atoms. The first-order chi connectivity index (χ1) is 2.89. The van der Waals surface area contributed by atoms with Gasteiger partial charge in [-0.15, -0.1) is 0 Å². The minimum atomic E-state index is -0.454. The first-order valence-electron chi connectivity index (χ1n) is 2.19. The van der Waals surface area contributed by atoms with Crippen LogP contribution in [0.2, 0.25) is 0 Å². The number of hydrogen-bond acceptors (Lipinski definition) is 2. The van der Waals surface area contributed by atoms with Crippen LogP contribution in [0, 0.1) is 0 Å².